The van der Waals surface area contributed by atoms with Crippen LogP contribution in [0, 0.1) is 23.5 Å². The largest absolute Gasteiger partial charge is 0.278 e. The number of halogens is 5. The van der Waals surface area contributed by atoms with Crippen LogP contribution >= 0.6 is 34.8 Å². The van der Waals surface area contributed by atoms with Gasteiger partial charge < -0.3 is 0 Å². The van der Waals surface area contributed by atoms with Crippen LogP contribution in [0.4, 0.5) is 8.78 Å². The van der Waals surface area contributed by atoms with E-state index < -0.39 is 23.5 Å². The maximum Gasteiger partial charge on any atom is 0.233 e. The lowest BCUT2D eigenvalue weighted by Crippen LogP contribution is -2.30. The molecule has 2 aliphatic rings. The van der Waals surface area contributed by atoms with Crippen molar-refractivity contribution in [2.45, 2.75) is 19.4 Å². The summed E-state index contributed by atoms with van der Waals surface area (Å²) in [5.74, 6) is -3.80. The van der Waals surface area contributed by atoms with Gasteiger partial charge in [-0.15, -0.1) is 0 Å². The Labute approximate surface area is 215 Å². The third kappa shape index (κ3) is 4.49. The van der Waals surface area contributed by atoms with Crippen LogP contribution < -0.4 is 0 Å². The summed E-state index contributed by atoms with van der Waals surface area (Å²) in [6.07, 6.45) is 0.641. The molecule has 0 aromatic heterocycles. The molecule has 0 spiro atoms. The van der Waals surface area contributed by atoms with Crippen LogP contribution in [-0.2, 0) is 16.1 Å². The summed E-state index contributed by atoms with van der Waals surface area (Å²) in [5.41, 5.74) is 3.75. The first-order valence-corrected chi connectivity index (χ1v) is 12.1. The van der Waals surface area contributed by atoms with E-state index in [9.17, 15) is 18.4 Å². The number of nitrogens with zero attached hydrogens (tertiary/aromatic N) is 1. The van der Waals surface area contributed by atoms with Gasteiger partial charge >= 0.3 is 0 Å². The molecule has 3 aromatic rings. The Kier molecular flexibility index (Phi) is 6.43. The fourth-order valence-corrected chi connectivity index (χ4v) is 5.57. The molecule has 2 unspecified atom stereocenters. The number of benzene rings is 3. The van der Waals surface area contributed by atoms with Crippen LogP contribution in [0.1, 0.15) is 29.5 Å². The summed E-state index contributed by atoms with van der Waals surface area (Å²) in [7, 11) is 0. The van der Waals surface area contributed by atoms with Gasteiger partial charge in [-0.1, -0.05) is 59.1 Å². The highest BCUT2D eigenvalue weighted by atomic mass is 35.5. The molecule has 1 fully saturated rings. The monoisotopic (exact) mass is 531 g/mol. The lowest BCUT2D eigenvalue weighted by Gasteiger charge is -2.28. The quantitative estimate of drug-likeness (QED) is 0.328. The van der Waals surface area contributed by atoms with Crippen molar-refractivity contribution in [3.63, 3.8) is 0 Å². The minimum atomic E-state index is -1.02. The highest BCUT2D eigenvalue weighted by molar-refractivity contribution is 6.36. The molecule has 178 valence electrons. The van der Waals surface area contributed by atoms with E-state index in [0.717, 1.165) is 39.3 Å². The van der Waals surface area contributed by atoms with Crippen LogP contribution in [0.2, 0.25) is 15.1 Å². The number of likely N-dealkylation sites (tertiary alicyclic amines) is 1. The van der Waals surface area contributed by atoms with E-state index in [1.165, 1.54) is 6.07 Å². The van der Waals surface area contributed by atoms with Crippen molar-refractivity contribution < 1.29 is 18.4 Å². The topological polar surface area (TPSA) is 37.4 Å². The van der Waals surface area contributed by atoms with Gasteiger partial charge in [-0.05, 0) is 77.1 Å². The molecule has 1 aliphatic carbocycles. The van der Waals surface area contributed by atoms with Crippen LogP contribution in [0.15, 0.2) is 60.7 Å². The zero-order valence-electron chi connectivity index (χ0n) is 18.2. The van der Waals surface area contributed by atoms with E-state index in [1.807, 2.05) is 18.2 Å². The van der Waals surface area contributed by atoms with Crippen LogP contribution in [-0.4, -0.2) is 16.7 Å². The van der Waals surface area contributed by atoms with Crippen molar-refractivity contribution in [1.82, 2.24) is 4.90 Å². The Balaban J connectivity index is 1.53. The van der Waals surface area contributed by atoms with Gasteiger partial charge in [0.1, 0.15) is 0 Å². The molecular weight excluding hydrogens is 515 g/mol. The Morgan fingerprint density at radius 3 is 2.00 bits per heavy atom. The molecular formula is C27H18Cl3F2NO2. The maximum absolute atomic E-state index is 13.7. The average Bonchev–Trinajstić information content (AvgIpc) is 3.05. The minimum absolute atomic E-state index is 0.116. The highest BCUT2D eigenvalue weighted by Crippen LogP contribution is 2.49. The number of allylic oxidation sites excluding steroid dienone is 2. The second-order valence-corrected chi connectivity index (χ2v) is 10.0. The van der Waals surface area contributed by atoms with Gasteiger partial charge in [0, 0.05) is 15.1 Å². The van der Waals surface area contributed by atoms with E-state index in [2.05, 4.69) is 0 Å². The number of rotatable bonds is 4. The van der Waals surface area contributed by atoms with Gasteiger partial charge in [0.25, 0.3) is 0 Å². The Hall–Kier alpha value is -2.73. The molecule has 0 N–H and O–H groups in total. The van der Waals surface area contributed by atoms with Gasteiger partial charge in [-0.3, -0.25) is 14.5 Å². The molecule has 5 rings (SSSR count). The first-order valence-electron chi connectivity index (χ1n) is 11.0. The molecule has 8 heteroatoms. The normalized spacial score (nSPS) is 20.0. The molecule has 3 nitrogen and oxygen atoms in total. The van der Waals surface area contributed by atoms with E-state index >= 15 is 0 Å². The molecule has 0 radical (unpaired) electrons. The van der Waals surface area contributed by atoms with E-state index in [1.54, 1.807) is 24.3 Å². The summed E-state index contributed by atoms with van der Waals surface area (Å²) in [6, 6.07) is 15.9. The standard InChI is InChI=1S/C27H18Cl3F2NO2/c28-16-4-2-15(3-5-16)19-11-21-22(12-20(19)18-7-6-17(29)10-23(18)30)27(35)33(26(21)34)13-14-1-8-24(31)25(32)9-14/h1-10,21-22H,11-13H2. The SMILES string of the molecule is O=C1C2CC(c3ccc(Cl)cc3)=C(c3ccc(Cl)cc3Cl)CC2C(=O)N1Cc1ccc(F)c(F)c1. The van der Waals surface area contributed by atoms with Crippen LogP contribution in [0.25, 0.3) is 11.1 Å². The van der Waals surface area contributed by atoms with Gasteiger partial charge in [0.05, 0.1) is 18.4 Å². The third-order valence-electron chi connectivity index (χ3n) is 6.64. The number of carbonyl (C=O) groups excluding carboxylic acids is 2. The summed E-state index contributed by atoms with van der Waals surface area (Å²) in [4.78, 5) is 27.8. The molecule has 2 atom stereocenters. The third-order valence-corrected chi connectivity index (χ3v) is 7.44. The number of hydrogen-bond acceptors (Lipinski definition) is 2. The van der Waals surface area contributed by atoms with Crippen molar-refractivity contribution in [2.75, 3.05) is 0 Å². The Morgan fingerprint density at radius 1 is 0.743 bits per heavy atom. The average molecular weight is 533 g/mol. The van der Waals surface area contributed by atoms with Gasteiger partial charge in [0.2, 0.25) is 11.8 Å². The van der Waals surface area contributed by atoms with Crippen LogP contribution in [0.5, 0.6) is 0 Å². The van der Waals surface area contributed by atoms with Crippen molar-refractivity contribution >= 4 is 57.8 Å². The summed E-state index contributed by atoms with van der Waals surface area (Å²) >= 11 is 18.7. The van der Waals surface area contributed by atoms with Crippen molar-refractivity contribution in [3.05, 3.63) is 104 Å². The Morgan fingerprint density at radius 2 is 1.37 bits per heavy atom. The van der Waals surface area contributed by atoms with E-state index in [-0.39, 0.29) is 18.4 Å². The molecule has 3 aromatic carbocycles. The second kappa shape index (κ2) is 9.38. The summed E-state index contributed by atoms with van der Waals surface area (Å²) < 4.78 is 27.1. The zero-order chi connectivity index (χ0) is 24.9. The number of hydrogen-bond donors (Lipinski definition) is 0. The van der Waals surface area contributed by atoms with E-state index in [4.69, 9.17) is 34.8 Å². The maximum atomic E-state index is 13.7. The fourth-order valence-electron chi connectivity index (χ4n) is 4.92. The zero-order valence-corrected chi connectivity index (χ0v) is 20.5. The molecule has 35 heavy (non-hydrogen) atoms. The molecule has 0 bridgehead atoms. The van der Waals surface area contributed by atoms with Gasteiger partial charge in [0.15, 0.2) is 11.6 Å². The lowest BCUT2D eigenvalue weighted by molar-refractivity contribution is -0.140. The van der Waals surface area contributed by atoms with E-state index in [0.29, 0.717) is 33.5 Å². The molecule has 1 saturated heterocycles. The van der Waals surface area contributed by atoms with Crippen molar-refractivity contribution in [2.24, 2.45) is 11.8 Å². The molecule has 2 amide bonds. The Bertz CT molecular complexity index is 1390. The van der Waals surface area contributed by atoms with Crippen molar-refractivity contribution in [3.8, 4) is 0 Å². The van der Waals surface area contributed by atoms with Crippen molar-refractivity contribution in [1.29, 1.82) is 0 Å². The first-order chi connectivity index (χ1) is 16.7. The molecule has 1 aliphatic heterocycles. The van der Waals surface area contributed by atoms with Gasteiger partial charge in [-0.2, -0.15) is 0 Å². The number of amides is 2. The number of carbonyl (C=O) groups is 2. The minimum Gasteiger partial charge on any atom is -0.278 e. The predicted molar refractivity (Wildman–Crippen MR) is 133 cm³/mol. The van der Waals surface area contributed by atoms with Crippen LogP contribution in [0.3, 0.4) is 0 Å². The molecule has 0 saturated carbocycles. The second-order valence-electron chi connectivity index (χ2n) is 8.72. The number of imide groups is 1. The first kappa shape index (κ1) is 24.0. The fraction of sp³-hybridized carbons (Fsp3) is 0.185. The summed E-state index contributed by atoms with van der Waals surface area (Å²) in [5, 5.41) is 1.53. The lowest BCUT2D eigenvalue weighted by atomic mass is 9.73. The summed E-state index contributed by atoms with van der Waals surface area (Å²) in [6.45, 7) is -0.116. The highest BCUT2D eigenvalue weighted by Gasteiger charge is 2.50. The predicted octanol–water partition coefficient (Wildman–Crippen LogP) is 7.43. The molecule has 1 heterocycles. The number of fused-ring (bicyclic) bond motifs is 1. The smallest absolute Gasteiger partial charge is 0.233 e. The van der Waals surface area contributed by atoms with Gasteiger partial charge in [-0.25, -0.2) is 8.78 Å².